The van der Waals surface area contributed by atoms with Gasteiger partial charge in [-0.1, -0.05) is 15.9 Å². The number of halogens is 2. The summed E-state index contributed by atoms with van der Waals surface area (Å²) in [5, 5.41) is 3.57. The molecule has 2 rings (SSSR count). The Balaban J connectivity index is 2.14. The summed E-state index contributed by atoms with van der Waals surface area (Å²) in [6.07, 6.45) is 1.84. The van der Waals surface area contributed by atoms with E-state index in [1.165, 1.54) is 6.07 Å². The van der Waals surface area contributed by atoms with Gasteiger partial charge in [-0.2, -0.15) is 0 Å². The third-order valence-corrected chi connectivity index (χ3v) is 4.53. The summed E-state index contributed by atoms with van der Waals surface area (Å²) < 4.78 is 20.0. The number of rotatable bonds is 4. The van der Waals surface area contributed by atoms with Crippen LogP contribution in [0.5, 0.6) is 0 Å². The van der Waals surface area contributed by atoms with Crippen LogP contribution in [0.4, 0.5) is 4.39 Å². The second kappa shape index (κ2) is 6.12. The molecule has 1 aromatic carbocycles. The number of nitrogens with one attached hydrogen (secondary N) is 1. The molecule has 112 valence electrons. The van der Waals surface area contributed by atoms with E-state index in [-0.39, 0.29) is 16.8 Å². The summed E-state index contributed by atoms with van der Waals surface area (Å²) in [5.41, 5.74) is 1.16. The molecule has 0 spiro atoms. The van der Waals surface area contributed by atoms with Crippen molar-refractivity contribution >= 4 is 15.9 Å². The first-order valence-electron chi connectivity index (χ1n) is 7.06. The Kier molecular flexibility index (Phi) is 4.88. The summed E-state index contributed by atoms with van der Waals surface area (Å²) in [4.78, 5) is 0. The van der Waals surface area contributed by atoms with Crippen molar-refractivity contribution < 1.29 is 9.13 Å². The third-order valence-electron chi connectivity index (χ3n) is 3.75. The first-order chi connectivity index (χ1) is 9.30. The van der Waals surface area contributed by atoms with Crippen LogP contribution in [0.15, 0.2) is 22.7 Å². The van der Waals surface area contributed by atoms with Crippen molar-refractivity contribution in [2.75, 3.05) is 19.8 Å². The number of benzene rings is 1. The van der Waals surface area contributed by atoms with Gasteiger partial charge in [0.15, 0.2) is 0 Å². The van der Waals surface area contributed by atoms with Crippen molar-refractivity contribution in [2.24, 2.45) is 5.41 Å². The quantitative estimate of drug-likeness (QED) is 0.894. The number of ether oxygens (including phenoxy) is 1. The molecule has 1 heterocycles. The normalized spacial score (nSPS) is 23.2. The molecule has 0 radical (unpaired) electrons. The van der Waals surface area contributed by atoms with E-state index in [4.69, 9.17) is 4.74 Å². The molecule has 1 fully saturated rings. The highest BCUT2D eigenvalue weighted by molar-refractivity contribution is 9.10. The molecule has 20 heavy (non-hydrogen) atoms. The molecule has 0 aliphatic carbocycles. The maximum absolute atomic E-state index is 13.5. The summed E-state index contributed by atoms with van der Waals surface area (Å²) in [7, 11) is 0. The Morgan fingerprint density at radius 1 is 1.40 bits per heavy atom. The van der Waals surface area contributed by atoms with E-state index in [0.29, 0.717) is 0 Å². The maximum atomic E-state index is 13.5. The predicted molar refractivity (Wildman–Crippen MR) is 83.4 cm³/mol. The van der Waals surface area contributed by atoms with Crippen molar-refractivity contribution in [2.45, 2.75) is 39.2 Å². The molecule has 1 unspecified atom stereocenters. The van der Waals surface area contributed by atoms with Crippen LogP contribution in [0.2, 0.25) is 0 Å². The van der Waals surface area contributed by atoms with E-state index in [0.717, 1.165) is 42.6 Å². The lowest BCUT2D eigenvalue weighted by Gasteiger charge is -2.32. The fourth-order valence-corrected chi connectivity index (χ4v) is 2.91. The second-order valence-corrected chi connectivity index (χ2v) is 7.67. The van der Waals surface area contributed by atoms with Gasteiger partial charge in [0.05, 0.1) is 6.61 Å². The number of hydrogen-bond donors (Lipinski definition) is 1. The SMILES string of the molecule is CC(C)(C)NCC1(Cc2cc(F)ccc2Br)CCOC1. The fraction of sp³-hybridized carbons (Fsp3) is 0.625. The summed E-state index contributed by atoms with van der Waals surface area (Å²) in [5.74, 6) is -0.180. The van der Waals surface area contributed by atoms with Gasteiger partial charge < -0.3 is 10.1 Å². The van der Waals surface area contributed by atoms with Crippen LogP contribution in [-0.4, -0.2) is 25.3 Å². The zero-order chi connectivity index (χ0) is 14.8. The molecule has 1 saturated heterocycles. The van der Waals surface area contributed by atoms with Crippen molar-refractivity contribution in [3.63, 3.8) is 0 Å². The molecular formula is C16H23BrFNO. The molecule has 0 aromatic heterocycles. The second-order valence-electron chi connectivity index (χ2n) is 6.82. The molecule has 0 bridgehead atoms. The van der Waals surface area contributed by atoms with Crippen molar-refractivity contribution in [1.29, 1.82) is 0 Å². The average molecular weight is 344 g/mol. The highest BCUT2D eigenvalue weighted by Gasteiger charge is 2.36. The molecular weight excluding hydrogens is 321 g/mol. The lowest BCUT2D eigenvalue weighted by atomic mass is 9.80. The van der Waals surface area contributed by atoms with Gasteiger partial charge in [0, 0.05) is 28.6 Å². The van der Waals surface area contributed by atoms with E-state index >= 15 is 0 Å². The topological polar surface area (TPSA) is 21.3 Å². The molecule has 1 atom stereocenters. The molecule has 1 N–H and O–H groups in total. The Morgan fingerprint density at radius 3 is 2.75 bits per heavy atom. The first-order valence-corrected chi connectivity index (χ1v) is 7.86. The van der Waals surface area contributed by atoms with Gasteiger partial charge in [-0.05, 0) is 57.4 Å². The smallest absolute Gasteiger partial charge is 0.123 e. The fourth-order valence-electron chi connectivity index (χ4n) is 2.53. The molecule has 4 heteroatoms. The number of hydrogen-bond acceptors (Lipinski definition) is 2. The highest BCUT2D eigenvalue weighted by Crippen LogP contribution is 2.35. The summed E-state index contributed by atoms with van der Waals surface area (Å²) in [6, 6.07) is 4.89. The van der Waals surface area contributed by atoms with Crippen LogP contribution < -0.4 is 5.32 Å². The lowest BCUT2D eigenvalue weighted by molar-refractivity contribution is 0.144. The van der Waals surface area contributed by atoms with Crippen molar-refractivity contribution in [1.82, 2.24) is 5.32 Å². The Labute approximate surface area is 129 Å². The van der Waals surface area contributed by atoms with E-state index < -0.39 is 0 Å². The Bertz CT molecular complexity index is 464. The highest BCUT2D eigenvalue weighted by atomic mass is 79.9. The molecule has 1 aromatic rings. The minimum atomic E-state index is -0.180. The third kappa shape index (κ3) is 4.27. The van der Waals surface area contributed by atoms with E-state index in [1.807, 2.05) is 0 Å². The molecule has 0 amide bonds. The van der Waals surface area contributed by atoms with E-state index in [1.54, 1.807) is 12.1 Å². The van der Waals surface area contributed by atoms with Crippen molar-refractivity contribution in [3.8, 4) is 0 Å². The van der Waals surface area contributed by atoms with Gasteiger partial charge in [-0.3, -0.25) is 0 Å². The zero-order valence-corrected chi connectivity index (χ0v) is 14.0. The van der Waals surface area contributed by atoms with Gasteiger partial charge in [0.1, 0.15) is 5.82 Å². The Hall–Kier alpha value is -0.450. The van der Waals surface area contributed by atoms with Gasteiger partial charge in [0.2, 0.25) is 0 Å². The van der Waals surface area contributed by atoms with Gasteiger partial charge in [-0.25, -0.2) is 4.39 Å². The van der Waals surface area contributed by atoms with Crippen LogP contribution >= 0.6 is 15.9 Å². The van der Waals surface area contributed by atoms with Crippen LogP contribution in [0, 0.1) is 11.2 Å². The standard InChI is InChI=1S/C16H23BrFNO/c1-15(2,3)19-10-16(6-7-20-11-16)9-12-8-13(18)4-5-14(12)17/h4-5,8,19H,6-7,9-11H2,1-3H3. The summed E-state index contributed by atoms with van der Waals surface area (Å²) >= 11 is 3.52. The monoisotopic (exact) mass is 343 g/mol. The maximum Gasteiger partial charge on any atom is 0.123 e. The van der Waals surface area contributed by atoms with Crippen LogP contribution in [-0.2, 0) is 11.2 Å². The van der Waals surface area contributed by atoms with Crippen LogP contribution in [0.1, 0.15) is 32.8 Å². The molecule has 2 nitrogen and oxygen atoms in total. The van der Waals surface area contributed by atoms with Crippen LogP contribution in [0.25, 0.3) is 0 Å². The summed E-state index contributed by atoms with van der Waals surface area (Å²) in [6.45, 7) is 8.90. The minimum absolute atomic E-state index is 0.0591. The minimum Gasteiger partial charge on any atom is -0.381 e. The van der Waals surface area contributed by atoms with Gasteiger partial charge in [-0.15, -0.1) is 0 Å². The largest absolute Gasteiger partial charge is 0.381 e. The molecule has 1 aliphatic rings. The van der Waals surface area contributed by atoms with Gasteiger partial charge in [0.25, 0.3) is 0 Å². The van der Waals surface area contributed by atoms with E-state index in [2.05, 4.69) is 42.0 Å². The Morgan fingerprint density at radius 2 is 2.15 bits per heavy atom. The molecule has 1 aliphatic heterocycles. The van der Waals surface area contributed by atoms with Crippen LogP contribution in [0.3, 0.4) is 0 Å². The lowest BCUT2D eigenvalue weighted by Crippen LogP contribution is -2.45. The van der Waals surface area contributed by atoms with E-state index in [9.17, 15) is 4.39 Å². The predicted octanol–water partition coefficient (Wildman–Crippen LogP) is 3.93. The average Bonchev–Trinajstić information content (AvgIpc) is 2.80. The first kappa shape index (κ1) is 15.9. The zero-order valence-electron chi connectivity index (χ0n) is 12.4. The molecule has 0 saturated carbocycles. The van der Waals surface area contributed by atoms with Crippen molar-refractivity contribution in [3.05, 3.63) is 34.1 Å². The van der Waals surface area contributed by atoms with Gasteiger partial charge >= 0.3 is 0 Å².